The quantitative estimate of drug-likeness (QED) is 0.282. The van der Waals surface area contributed by atoms with Crippen LogP contribution in [0.1, 0.15) is 48.0 Å². The smallest absolute Gasteiger partial charge is 0.410 e. The van der Waals surface area contributed by atoms with Gasteiger partial charge in [-0.3, -0.25) is 28.0 Å². The lowest BCUT2D eigenvalue weighted by molar-refractivity contribution is -0.142. The molecule has 4 rings (SSSR count). The number of likely N-dealkylation sites (N-methyl/N-ethyl adjacent to an activating group) is 1. The highest BCUT2D eigenvalue weighted by atomic mass is 35.5. The third-order valence-electron chi connectivity index (χ3n) is 7.17. The van der Waals surface area contributed by atoms with E-state index in [1.807, 2.05) is 13.8 Å². The van der Waals surface area contributed by atoms with E-state index in [0.29, 0.717) is 22.9 Å². The number of aryl methyl sites for hydroxylation is 4. The van der Waals surface area contributed by atoms with Crippen molar-refractivity contribution in [2.75, 3.05) is 18.1 Å². The third kappa shape index (κ3) is 9.81. The van der Waals surface area contributed by atoms with E-state index >= 15 is 0 Å². The summed E-state index contributed by atoms with van der Waals surface area (Å²) in [5.74, 6) is -0.279. The normalized spacial score (nSPS) is 12.1. The predicted octanol–water partition coefficient (Wildman–Crippen LogP) is 2.86. The van der Waals surface area contributed by atoms with Crippen LogP contribution in [0, 0.1) is 5.92 Å². The van der Waals surface area contributed by atoms with Gasteiger partial charge >= 0.3 is 23.4 Å². The summed E-state index contributed by atoms with van der Waals surface area (Å²) in [7, 11) is 8.15. The fraction of sp³-hybridized carbons (Fsp3) is 0.500. The van der Waals surface area contributed by atoms with Gasteiger partial charge in [0.2, 0.25) is 5.91 Å². The molecule has 17 heteroatoms. The lowest BCUT2D eigenvalue weighted by Crippen LogP contribution is -2.43. The van der Waals surface area contributed by atoms with Gasteiger partial charge in [0.05, 0.1) is 11.0 Å². The molecule has 2 amide bonds. The Kier molecular flexibility index (Phi) is 13.8. The van der Waals surface area contributed by atoms with Crippen LogP contribution in [0.25, 0.3) is 22.3 Å². The summed E-state index contributed by atoms with van der Waals surface area (Å²) in [5, 5.41) is 11.4. The molecule has 16 nitrogen and oxygen atoms in total. The summed E-state index contributed by atoms with van der Waals surface area (Å²) >= 11 is 0. The number of imidazole rings is 2. The number of rotatable bonds is 5. The largest absolute Gasteiger partial charge is 0.480 e. The zero-order chi connectivity index (χ0) is 35.3. The van der Waals surface area contributed by atoms with Gasteiger partial charge in [0.1, 0.15) is 23.3 Å². The molecule has 4 N–H and O–H groups in total. The minimum absolute atomic E-state index is 0. The summed E-state index contributed by atoms with van der Waals surface area (Å²) in [5.41, 5.74) is 7.41. The van der Waals surface area contributed by atoms with Gasteiger partial charge in [0.15, 0.2) is 11.3 Å². The number of fused-ring (bicyclic) bond motifs is 2. The molecule has 47 heavy (non-hydrogen) atoms. The summed E-state index contributed by atoms with van der Waals surface area (Å²) in [6.07, 6.45) is 0.144. The second kappa shape index (κ2) is 16.1. The standard InChI is InChI=1S/C13H18N4O2.C9H17NO4.C8H10N4O.ClH/c1-5-8(2)12(18)15-10-7-6-9-11(14-10)17(4)13(19)16(9)3;1-6(7(11)12)10(5)8(13)14-9(2,3)4;1-11-5-3-4-6(9)10-7(5)12(2)8(11)13;/h6-8H,5H2,1-4H3,(H,14,15,18);6H,1-5H3,(H,11,12);3-4H,1-2H3,(H2,9,10);1H/t8-;6-;;/m10../s1. The number of carbonyl (C=O) groups is 3. The first-order valence-electron chi connectivity index (χ1n) is 14.5. The third-order valence-corrected chi connectivity index (χ3v) is 7.17. The van der Waals surface area contributed by atoms with Crippen molar-refractivity contribution in [2.45, 2.75) is 59.6 Å². The molecule has 0 aliphatic rings. The molecule has 0 aliphatic carbocycles. The Morgan fingerprint density at radius 2 is 1.38 bits per heavy atom. The average molecular weight is 680 g/mol. The number of ether oxygens (including phenoxy) is 1. The van der Waals surface area contributed by atoms with E-state index in [1.165, 1.54) is 27.7 Å². The Morgan fingerprint density at radius 1 is 0.915 bits per heavy atom. The van der Waals surface area contributed by atoms with Gasteiger partial charge in [-0.1, -0.05) is 13.8 Å². The number of halogens is 1. The number of carboxylic acids is 1. The van der Waals surface area contributed by atoms with Crippen LogP contribution in [0.2, 0.25) is 0 Å². The molecule has 4 aromatic rings. The highest BCUT2D eigenvalue weighted by Crippen LogP contribution is 2.15. The maximum atomic E-state index is 11.8. The van der Waals surface area contributed by atoms with Crippen molar-refractivity contribution in [3.63, 3.8) is 0 Å². The monoisotopic (exact) mass is 679 g/mol. The van der Waals surface area contributed by atoms with Crippen LogP contribution in [0.3, 0.4) is 0 Å². The van der Waals surface area contributed by atoms with E-state index in [1.54, 1.807) is 77.8 Å². The second-order valence-corrected chi connectivity index (χ2v) is 11.8. The van der Waals surface area contributed by atoms with Gasteiger partial charge in [-0.2, -0.15) is 0 Å². The SMILES string of the molecule is CC[C@@H](C)C(=O)Nc1ccc2c(n1)n(C)c(=O)n2C.C[C@@H](C(=O)O)N(C)C(=O)OC(C)(C)C.Cl.Cn1c(=O)n(C)c2nc(N)ccc21. The fourth-order valence-corrected chi connectivity index (χ4v) is 3.91. The molecule has 0 spiro atoms. The Labute approximate surface area is 278 Å². The molecule has 0 radical (unpaired) electrons. The Balaban J connectivity index is 0.000000357. The van der Waals surface area contributed by atoms with Crippen molar-refractivity contribution in [3.8, 4) is 0 Å². The van der Waals surface area contributed by atoms with Gasteiger partial charge < -0.3 is 20.9 Å². The maximum absolute atomic E-state index is 11.8. The average Bonchev–Trinajstić information content (AvgIpc) is 3.34. The predicted molar refractivity (Wildman–Crippen MR) is 183 cm³/mol. The van der Waals surface area contributed by atoms with E-state index in [2.05, 4.69) is 15.3 Å². The first kappa shape index (κ1) is 40.2. The number of amides is 2. The Morgan fingerprint density at radius 3 is 1.83 bits per heavy atom. The van der Waals surface area contributed by atoms with Crippen LogP contribution in [0.5, 0.6) is 0 Å². The van der Waals surface area contributed by atoms with Gasteiger partial charge in [-0.15, -0.1) is 12.4 Å². The zero-order valence-electron chi connectivity index (χ0n) is 28.7. The number of aliphatic carboxylic acids is 1. The summed E-state index contributed by atoms with van der Waals surface area (Å²) < 4.78 is 11.0. The molecule has 0 unspecified atom stereocenters. The molecule has 0 fully saturated rings. The number of nitrogens with two attached hydrogens (primary N) is 1. The Bertz CT molecular complexity index is 1850. The molecule has 0 aliphatic heterocycles. The molecule has 0 aromatic carbocycles. The number of hydrogen-bond acceptors (Lipinski definition) is 9. The lowest BCUT2D eigenvalue weighted by Gasteiger charge is -2.26. The number of nitrogens with zero attached hydrogens (tertiary/aromatic N) is 7. The topological polar surface area (TPSA) is 202 Å². The first-order chi connectivity index (χ1) is 21.2. The lowest BCUT2D eigenvalue weighted by atomic mass is 10.1. The number of carbonyl (C=O) groups excluding carboxylic acids is 2. The molecule has 260 valence electrons. The van der Waals surface area contributed by atoms with Crippen molar-refractivity contribution in [1.29, 1.82) is 0 Å². The van der Waals surface area contributed by atoms with Crippen LogP contribution >= 0.6 is 12.4 Å². The van der Waals surface area contributed by atoms with E-state index in [4.69, 9.17) is 15.6 Å². The molecule has 0 saturated carbocycles. The van der Waals surface area contributed by atoms with Gasteiger partial charge in [-0.05, 0) is 58.4 Å². The van der Waals surface area contributed by atoms with Crippen molar-refractivity contribution in [1.82, 2.24) is 33.1 Å². The van der Waals surface area contributed by atoms with E-state index < -0.39 is 23.7 Å². The van der Waals surface area contributed by atoms with Gasteiger partial charge in [0, 0.05) is 41.2 Å². The second-order valence-electron chi connectivity index (χ2n) is 11.8. The van der Waals surface area contributed by atoms with Gasteiger partial charge in [-0.25, -0.2) is 29.1 Å². The van der Waals surface area contributed by atoms with Crippen molar-refractivity contribution < 1.29 is 24.2 Å². The van der Waals surface area contributed by atoms with Crippen LogP contribution < -0.4 is 22.4 Å². The number of hydrogen-bond donors (Lipinski definition) is 3. The summed E-state index contributed by atoms with van der Waals surface area (Å²) in [6.45, 7) is 10.4. The maximum Gasteiger partial charge on any atom is 0.410 e. The van der Waals surface area contributed by atoms with E-state index in [9.17, 15) is 24.0 Å². The van der Waals surface area contributed by atoms with Crippen molar-refractivity contribution >= 4 is 64.3 Å². The fourth-order valence-electron chi connectivity index (χ4n) is 3.91. The van der Waals surface area contributed by atoms with Crippen LogP contribution in [-0.2, 0) is 42.5 Å². The molecule has 4 aromatic heterocycles. The van der Waals surface area contributed by atoms with Crippen LogP contribution in [0.15, 0.2) is 33.9 Å². The number of carboxylic acid groups (broad SMARTS) is 1. The van der Waals surface area contributed by atoms with Gasteiger partial charge in [0.25, 0.3) is 0 Å². The number of anilines is 2. The highest BCUT2D eigenvalue weighted by molar-refractivity contribution is 5.92. The number of aromatic nitrogens is 6. The number of pyridine rings is 2. The minimum Gasteiger partial charge on any atom is -0.480 e. The minimum atomic E-state index is -1.06. The summed E-state index contributed by atoms with van der Waals surface area (Å²) in [6, 6.07) is 6.09. The summed E-state index contributed by atoms with van der Waals surface area (Å²) in [4.78, 5) is 66.4. The molecule has 0 bridgehead atoms. The number of nitrogen functional groups attached to an aromatic ring is 1. The molecular formula is C30H46ClN9O7. The van der Waals surface area contributed by atoms with E-state index in [0.717, 1.165) is 22.4 Å². The molecular weight excluding hydrogens is 634 g/mol. The van der Waals surface area contributed by atoms with Crippen LogP contribution in [0.4, 0.5) is 16.4 Å². The van der Waals surface area contributed by atoms with Crippen molar-refractivity contribution in [2.24, 2.45) is 34.1 Å². The molecule has 0 saturated heterocycles. The number of nitrogens with one attached hydrogen (secondary N) is 1. The van der Waals surface area contributed by atoms with Crippen molar-refractivity contribution in [3.05, 3.63) is 45.2 Å². The molecule has 2 atom stereocenters. The zero-order valence-corrected chi connectivity index (χ0v) is 29.5. The van der Waals surface area contributed by atoms with Crippen LogP contribution in [-0.4, -0.2) is 74.9 Å². The first-order valence-corrected chi connectivity index (χ1v) is 14.5. The van der Waals surface area contributed by atoms with E-state index in [-0.39, 0.29) is 35.6 Å². The molecule has 4 heterocycles. The highest BCUT2D eigenvalue weighted by Gasteiger charge is 2.26. The Hall–Kier alpha value is -4.86.